The van der Waals surface area contributed by atoms with E-state index in [9.17, 15) is 9.59 Å². The highest BCUT2D eigenvalue weighted by atomic mass is 79.9. The molecule has 130 valence electrons. The average molecular weight is 402 g/mol. The number of nitrogens with one attached hydrogen (secondary N) is 1. The summed E-state index contributed by atoms with van der Waals surface area (Å²) in [4.78, 5) is 25.6. The van der Waals surface area contributed by atoms with Crippen molar-refractivity contribution in [1.82, 2.24) is 5.32 Å². The summed E-state index contributed by atoms with van der Waals surface area (Å²) in [7, 11) is 1.63. The van der Waals surface area contributed by atoms with E-state index in [0.29, 0.717) is 12.8 Å². The smallest absolute Gasteiger partial charge is 0.161 e. The van der Waals surface area contributed by atoms with Gasteiger partial charge in [-0.3, -0.25) is 9.59 Å². The zero-order valence-corrected chi connectivity index (χ0v) is 15.7. The number of hydrogen-bond donors (Lipinski definition) is 1. The van der Waals surface area contributed by atoms with Crippen molar-refractivity contribution in [2.24, 2.45) is 5.92 Å². The zero-order valence-electron chi connectivity index (χ0n) is 14.1. The Hall–Kier alpha value is -1.88. The minimum absolute atomic E-state index is 0.151. The number of allylic oxidation sites excluding steroid dienone is 4. The molecule has 0 aromatic heterocycles. The summed E-state index contributed by atoms with van der Waals surface area (Å²) in [5.74, 6) is 0.478. The van der Waals surface area contributed by atoms with Gasteiger partial charge < -0.3 is 10.1 Å². The lowest BCUT2D eigenvalue weighted by Gasteiger charge is -2.41. The molecule has 25 heavy (non-hydrogen) atoms. The molecule has 0 bridgehead atoms. The summed E-state index contributed by atoms with van der Waals surface area (Å²) in [6.07, 6.45) is 5.67. The maximum Gasteiger partial charge on any atom is 0.161 e. The van der Waals surface area contributed by atoms with Gasteiger partial charge in [0.2, 0.25) is 0 Å². The van der Waals surface area contributed by atoms with Crippen LogP contribution in [0.4, 0.5) is 0 Å². The fraction of sp³-hybridized carbons (Fsp3) is 0.400. The Kier molecular flexibility index (Phi) is 4.28. The number of carbonyl (C=O) groups is 2. The number of halogens is 1. The highest BCUT2D eigenvalue weighted by molar-refractivity contribution is 9.10. The number of fused-ring (bicyclic) bond motifs is 1. The quantitative estimate of drug-likeness (QED) is 0.812. The second kappa shape index (κ2) is 6.45. The molecule has 2 aliphatic carbocycles. The van der Waals surface area contributed by atoms with Crippen molar-refractivity contribution in [2.45, 2.75) is 38.0 Å². The van der Waals surface area contributed by atoms with Crippen molar-refractivity contribution < 1.29 is 14.3 Å². The van der Waals surface area contributed by atoms with Crippen LogP contribution in [0.15, 0.2) is 45.7 Å². The van der Waals surface area contributed by atoms with Crippen LogP contribution >= 0.6 is 15.9 Å². The molecule has 3 aliphatic rings. The first-order valence-corrected chi connectivity index (χ1v) is 9.49. The Bertz CT molecular complexity index is 824. The molecule has 0 saturated heterocycles. The molecule has 1 aromatic rings. The molecule has 0 fully saturated rings. The zero-order chi connectivity index (χ0) is 17.6. The minimum atomic E-state index is -0.322. The standard InChI is InChI=1S/C20H20BrNO3/c1-25-17-9-8-11(21)10-12(17)18-19-13(4-2-6-15(19)23)22-14-5-3-7-16(24)20(14)18/h4,8-10,18-19,22H,2-3,5-7H2,1H3. The SMILES string of the molecule is COc1ccc(Br)cc1C1C2=C(CCCC2=O)NC2=CCCC(=O)C21. The molecular weight excluding hydrogens is 382 g/mol. The molecule has 1 N–H and O–H groups in total. The summed E-state index contributed by atoms with van der Waals surface area (Å²) in [6, 6.07) is 5.80. The van der Waals surface area contributed by atoms with Gasteiger partial charge in [0.05, 0.1) is 13.0 Å². The summed E-state index contributed by atoms with van der Waals surface area (Å²) >= 11 is 3.53. The number of hydrogen-bond acceptors (Lipinski definition) is 4. The predicted octanol–water partition coefficient (Wildman–Crippen LogP) is 4.01. The molecule has 1 aliphatic heterocycles. The van der Waals surface area contributed by atoms with Gasteiger partial charge in [0.15, 0.2) is 5.78 Å². The van der Waals surface area contributed by atoms with Crippen LogP contribution in [0.1, 0.15) is 43.6 Å². The van der Waals surface area contributed by atoms with E-state index in [4.69, 9.17) is 4.74 Å². The van der Waals surface area contributed by atoms with Crippen LogP contribution in [-0.4, -0.2) is 18.7 Å². The number of carbonyl (C=O) groups excluding carboxylic acids is 2. The third-order valence-electron chi connectivity index (χ3n) is 5.36. The summed E-state index contributed by atoms with van der Waals surface area (Å²) in [6.45, 7) is 0. The van der Waals surface area contributed by atoms with Gasteiger partial charge in [-0.2, -0.15) is 0 Å². The lowest BCUT2D eigenvalue weighted by molar-refractivity contribution is -0.123. The summed E-state index contributed by atoms with van der Waals surface area (Å²) in [5, 5.41) is 3.42. The molecule has 0 spiro atoms. The molecule has 0 radical (unpaired) electrons. The second-order valence-electron chi connectivity index (χ2n) is 6.80. The monoisotopic (exact) mass is 401 g/mol. The molecule has 2 atom stereocenters. The van der Waals surface area contributed by atoms with Gasteiger partial charge in [0.25, 0.3) is 0 Å². The van der Waals surface area contributed by atoms with E-state index >= 15 is 0 Å². The van der Waals surface area contributed by atoms with Crippen LogP contribution in [0, 0.1) is 5.92 Å². The van der Waals surface area contributed by atoms with Gasteiger partial charge in [-0.05, 0) is 37.5 Å². The second-order valence-corrected chi connectivity index (χ2v) is 7.72. The van der Waals surface area contributed by atoms with Gasteiger partial charge >= 0.3 is 0 Å². The van der Waals surface area contributed by atoms with Gasteiger partial charge in [0.1, 0.15) is 11.5 Å². The van der Waals surface area contributed by atoms with E-state index in [1.807, 2.05) is 18.2 Å². The van der Waals surface area contributed by atoms with Crippen molar-refractivity contribution >= 4 is 27.5 Å². The van der Waals surface area contributed by atoms with Crippen molar-refractivity contribution in [3.05, 3.63) is 51.3 Å². The molecule has 5 heteroatoms. The van der Waals surface area contributed by atoms with Crippen LogP contribution in [0.3, 0.4) is 0 Å². The summed E-state index contributed by atoms with van der Waals surface area (Å²) < 4.78 is 6.50. The van der Waals surface area contributed by atoms with E-state index in [-0.39, 0.29) is 23.4 Å². The van der Waals surface area contributed by atoms with Crippen molar-refractivity contribution in [3.63, 3.8) is 0 Å². The molecule has 0 amide bonds. The Morgan fingerprint density at radius 1 is 1.16 bits per heavy atom. The Balaban J connectivity index is 1.96. The number of rotatable bonds is 2. The van der Waals surface area contributed by atoms with E-state index in [1.54, 1.807) is 7.11 Å². The van der Waals surface area contributed by atoms with Gasteiger partial charge in [-0.25, -0.2) is 0 Å². The number of benzene rings is 1. The highest BCUT2D eigenvalue weighted by Gasteiger charge is 2.45. The van der Waals surface area contributed by atoms with E-state index in [1.165, 1.54) is 0 Å². The van der Waals surface area contributed by atoms with E-state index in [0.717, 1.165) is 52.0 Å². The van der Waals surface area contributed by atoms with Crippen LogP contribution in [0.25, 0.3) is 0 Å². The number of ketones is 2. The molecule has 0 saturated carbocycles. The van der Waals surface area contributed by atoms with Crippen LogP contribution in [-0.2, 0) is 9.59 Å². The Morgan fingerprint density at radius 2 is 2.00 bits per heavy atom. The fourth-order valence-corrected chi connectivity index (χ4v) is 4.68. The first-order chi connectivity index (χ1) is 12.1. The Labute approximate surface area is 155 Å². The third kappa shape index (κ3) is 2.74. The largest absolute Gasteiger partial charge is 0.496 e. The van der Waals surface area contributed by atoms with Crippen LogP contribution in [0.5, 0.6) is 5.75 Å². The first-order valence-electron chi connectivity index (χ1n) is 8.69. The average Bonchev–Trinajstić information content (AvgIpc) is 2.60. The van der Waals surface area contributed by atoms with Gasteiger partial charge in [0, 0.05) is 45.8 Å². The predicted molar refractivity (Wildman–Crippen MR) is 98.3 cm³/mol. The lowest BCUT2D eigenvalue weighted by Crippen LogP contribution is -2.42. The van der Waals surface area contributed by atoms with Crippen molar-refractivity contribution in [3.8, 4) is 5.75 Å². The van der Waals surface area contributed by atoms with Crippen LogP contribution < -0.4 is 10.1 Å². The molecule has 4 rings (SSSR count). The minimum Gasteiger partial charge on any atom is -0.496 e. The first kappa shape index (κ1) is 16.6. The molecule has 4 nitrogen and oxygen atoms in total. The highest BCUT2D eigenvalue weighted by Crippen LogP contribution is 2.48. The number of Topliss-reactive ketones (excluding diaryl/α,β-unsaturated/α-hetero) is 2. The van der Waals surface area contributed by atoms with Gasteiger partial charge in [-0.1, -0.05) is 22.0 Å². The maximum atomic E-state index is 12.8. The third-order valence-corrected chi connectivity index (χ3v) is 5.85. The number of methoxy groups -OCH3 is 1. The maximum absolute atomic E-state index is 12.8. The number of ether oxygens (including phenoxy) is 1. The topological polar surface area (TPSA) is 55.4 Å². The van der Waals surface area contributed by atoms with E-state index in [2.05, 4.69) is 27.3 Å². The normalized spacial score (nSPS) is 25.8. The van der Waals surface area contributed by atoms with E-state index < -0.39 is 0 Å². The molecule has 1 heterocycles. The Morgan fingerprint density at radius 3 is 2.80 bits per heavy atom. The van der Waals surface area contributed by atoms with Crippen molar-refractivity contribution in [1.29, 1.82) is 0 Å². The summed E-state index contributed by atoms with van der Waals surface area (Å²) in [5.41, 5.74) is 3.63. The molecule has 1 aromatic carbocycles. The molecular formula is C20H20BrNO3. The van der Waals surface area contributed by atoms with Crippen molar-refractivity contribution in [2.75, 3.05) is 7.11 Å². The molecule has 2 unspecified atom stereocenters. The lowest BCUT2D eigenvalue weighted by atomic mass is 9.68. The van der Waals surface area contributed by atoms with Crippen LogP contribution in [0.2, 0.25) is 0 Å². The fourth-order valence-electron chi connectivity index (χ4n) is 4.30. The van der Waals surface area contributed by atoms with Gasteiger partial charge in [-0.15, -0.1) is 0 Å².